The van der Waals surface area contributed by atoms with Gasteiger partial charge in [-0.3, -0.25) is 19.2 Å². The van der Waals surface area contributed by atoms with Crippen LogP contribution < -0.4 is 10.2 Å². The fourth-order valence-electron chi connectivity index (χ4n) is 4.69. The van der Waals surface area contributed by atoms with Crippen LogP contribution in [0.15, 0.2) is 54.9 Å². The average Bonchev–Trinajstić information content (AvgIpc) is 3.31. The molecule has 2 aliphatic rings. The zero-order chi connectivity index (χ0) is 21.7. The summed E-state index contributed by atoms with van der Waals surface area (Å²) in [6.45, 7) is 2.40. The zero-order valence-corrected chi connectivity index (χ0v) is 17.2. The van der Waals surface area contributed by atoms with Crippen molar-refractivity contribution in [3.8, 4) is 0 Å². The Bertz CT molecular complexity index is 1160. The predicted octanol–water partition coefficient (Wildman–Crippen LogP) is 2.59. The number of likely N-dealkylation sites (N-methyl/N-ethyl adjacent to an activating group) is 1. The number of halogens is 1. The summed E-state index contributed by atoms with van der Waals surface area (Å²) in [5.74, 6) is -0.759. The average molecular weight is 419 g/mol. The molecule has 0 radical (unpaired) electrons. The molecule has 2 aromatic heterocycles. The van der Waals surface area contributed by atoms with Crippen molar-refractivity contribution < 1.29 is 14.0 Å². The highest BCUT2D eigenvalue weighted by Crippen LogP contribution is 2.58. The van der Waals surface area contributed by atoms with E-state index in [2.05, 4.69) is 22.3 Å². The van der Waals surface area contributed by atoms with Crippen molar-refractivity contribution in [1.82, 2.24) is 20.1 Å². The lowest BCUT2D eigenvalue weighted by atomic mass is 10.1. The van der Waals surface area contributed by atoms with Crippen molar-refractivity contribution in [3.05, 3.63) is 77.5 Å². The van der Waals surface area contributed by atoms with E-state index in [9.17, 15) is 14.0 Å². The maximum atomic E-state index is 14.5. The second kappa shape index (κ2) is 7.30. The van der Waals surface area contributed by atoms with Crippen LogP contribution in [-0.4, -0.2) is 39.7 Å². The molecule has 2 unspecified atom stereocenters. The number of rotatable bonds is 4. The lowest BCUT2D eigenvalue weighted by Crippen LogP contribution is -2.49. The highest BCUT2D eigenvalue weighted by molar-refractivity contribution is 6.02. The molecule has 1 aromatic carbocycles. The lowest BCUT2D eigenvalue weighted by molar-refractivity contribution is -0.120. The van der Waals surface area contributed by atoms with Crippen molar-refractivity contribution in [1.29, 1.82) is 0 Å². The Morgan fingerprint density at radius 1 is 1.19 bits per heavy atom. The fourth-order valence-corrected chi connectivity index (χ4v) is 4.69. The first-order chi connectivity index (χ1) is 15.0. The third-order valence-corrected chi connectivity index (χ3v) is 6.33. The number of hydrogen-bond donors (Lipinski definition) is 1. The number of hydrogen-bond acceptors (Lipinski definition) is 4. The van der Waals surface area contributed by atoms with Gasteiger partial charge in [-0.1, -0.05) is 43.3 Å². The molecule has 0 spiro atoms. The van der Waals surface area contributed by atoms with Crippen LogP contribution in [0.4, 0.5) is 10.2 Å². The molecule has 0 bridgehead atoms. The van der Waals surface area contributed by atoms with Gasteiger partial charge in [0.05, 0.1) is 12.7 Å². The third-order valence-electron chi connectivity index (χ3n) is 6.33. The molecule has 158 valence electrons. The van der Waals surface area contributed by atoms with Gasteiger partial charge in [-0.15, -0.1) is 0 Å². The smallest absolute Gasteiger partial charge is 0.275 e. The number of fused-ring (bicyclic) bond motifs is 3. The Kier molecular flexibility index (Phi) is 4.57. The molecule has 1 aliphatic heterocycles. The van der Waals surface area contributed by atoms with Gasteiger partial charge < -0.3 is 5.32 Å². The van der Waals surface area contributed by atoms with Gasteiger partial charge in [-0.25, -0.2) is 9.37 Å². The van der Waals surface area contributed by atoms with Crippen LogP contribution in [0.25, 0.3) is 0 Å². The van der Waals surface area contributed by atoms with E-state index in [1.165, 1.54) is 15.8 Å². The van der Waals surface area contributed by atoms with Gasteiger partial charge in [0, 0.05) is 13.2 Å². The van der Waals surface area contributed by atoms with Crippen molar-refractivity contribution >= 4 is 17.6 Å². The first kappa shape index (κ1) is 19.4. The molecule has 1 saturated carbocycles. The second-order valence-electron chi connectivity index (χ2n) is 8.24. The van der Waals surface area contributed by atoms with Gasteiger partial charge in [0.25, 0.3) is 11.8 Å². The first-order valence-corrected chi connectivity index (χ1v) is 10.3. The Morgan fingerprint density at radius 3 is 2.74 bits per heavy atom. The summed E-state index contributed by atoms with van der Waals surface area (Å²) in [5.41, 5.74) is 1.64. The van der Waals surface area contributed by atoms with Crippen LogP contribution in [0.3, 0.4) is 0 Å². The summed E-state index contributed by atoms with van der Waals surface area (Å²) in [6, 6.07) is 12.5. The lowest BCUT2D eigenvalue weighted by Gasteiger charge is -2.23. The van der Waals surface area contributed by atoms with Gasteiger partial charge >= 0.3 is 0 Å². The van der Waals surface area contributed by atoms with Crippen molar-refractivity contribution in [3.63, 3.8) is 0 Å². The van der Waals surface area contributed by atoms with Gasteiger partial charge in [0.2, 0.25) is 0 Å². The van der Waals surface area contributed by atoms with E-state index < -0.39 is 17.8 Å². The second-order valence-corrected chi connectivity index (χ2v) is 8.24. The number of nitrogens with zero attached hydrogens (tertiary/aromatic N) is 4. The van der Waals surface area contributed by atoms with E-state index in [1.54, 1.807) is 13.2 Å². The first-order valence-electron chi connectivity index (χ1n) is 10.3. The van der Waals surface area contributed by atoms with Gasteiger partial charge in [0.15, 0.2) is 11.5 Å². The Balaban J connectivity index is 1.38. The molecule has 1 fully saturated rings. The summed E-state index contributed by atoms with van der Waals surface area (Å²) in [6.07, 6.45) is 2.85. The van der Waals surface area contributed by atoms with Gasteiger partial charge in [-0.2, -0.15) is 5.10 Å². The maximum absolute atomic E-state index is 14.5. The van der Waals surface area contributed by atoms with Crippen molar-refractivity contribution in [2.24, 2.45) is 11.8 Å². The van der Waals surface area contributed by atoms with Crippen molar-refractivity contribution in [2.75, 3.05) is 11.9 Å². The van der Waals surface area contributed by atoms with Crippen LogP contribution in [-0.2, 0) is 11.3 Å². The highest BCUT2D eigenvalue weighted by Gasteiger charge is 2.58. The Morgan fingerprint density at radius 2 is 1.97 bits per heavy atom. The van der Waals surface area contributed by atoms with Crippen molar-refractivity contribution in [2.45, 2.75) is 25.4 Å². The van der Waals surface area contributed by atoms with E-state index >= 15 is 0 Å². The Labute approximate surface area is 178 Å². The molecule has 4 atom stereocenters. The molecule has 5 rings (SSSR count). The molecule has 1 aliphatic carbocycles. The zero-order valence-electron chi connectivity index (χ0n) is 17.2. The minimum atomic E-state index is -0.759. The summed E-state index contributed by atoms with van der Waals surface area (Å²) in [7, 11) is 1.65. The van der Waals surface area contributed by atoms with E-state index in [1.807, 2.05) is 42.5 Å². The largest absolute Gasteiger partial charge is 0.338 e. The summed E-state index contributed by atoms with van der Waals surface area (Å²) < 4.78 is 15.9. The number of carbonyl (C=O) groups excluding carboxylic acids is 2. The van der Waals surface area contributed by atoms with Crippen LogP contribution in [0, 0.1) is 17.7 Å². The minimum absolute atomic E-state index is 0.0567. The predicted molar refractivity (Wildman–Crippen MR) is 112 cm³/mol. The normalized spacial score (nSPS) is 24.2. The quantitative estimate of drug-likeness (QED) is 0.705. The van der Waals surface area contributed by atoms with E-state index in [4.69, 9.17) is 0 Å². The molecule has 3 heterocycles. The number of aromatic nitrogens is 3. The molecule has 0 saturated heterocycles. The summed E-state index contributed by atoms with van der Waals surface area (Å²) in [5, 5.41) is 6.88. The van der Waals surface area contributed by atoms with Gasteiger partial charge in [-0.05, 0) is 34.9 Å². The van der Waals surface area contributed by atoms with Crippen LogP contribution in [0.1, 0.15) is 34.5 Å². The molecule has 7 nitrogen and oxygen atoms in total. The van der Waals surface area contributed by atoms with E-state index in [-0.39, 0.29) is 29.4 Å². The number of anilines is 1. The van der Waals surface area contributed by atoms with E-state index in [0.717, 1.165) is 11.1 Å². The molecular weight excluding hydrogens is 397 g/mol. The number of benzene rings is 1. The number of pyridine rings is 1. The molecule has 2 amide bonds. The Hall–Kier alpha value is -3.55. The van der Waals surface area contributed by atoms with Crippen LogP contribution >= 0.6 is 0 Å². The SMILES string of the molecule is C[C@H]1C2c3cccnc3N(C)C(=O)[C@@H](NC(=O)c3nn(Cc4ccccc4)cc3F)C21. The van der Waals surface area contributed by atoms with Crippen LogP contribution in [0.2, 0.25) is 0 Å². The number of carbonyl (C=O) groups is 2. The van der Waals surface area contributed by atoms with Crippen LogP contribution in [0.5, 0.6) is 0 Å². The number of nitrogens with one attached hydrogen (secondary N) is 1. The number of amides is 2. The maximum Gasteiger partial charge on any atom is 0.275 e. The van der Waals surface area contributed by atoms with E-state index in [0.29, 0.717) is 12.4 Å². The molecule has 31 heavy (non-hydrogen) atoms. The molecule has 8 heteroatoms. The monoisotopic (exact) mass is 419 g/mol. The minimum Gasteiger partial charge on any atom is -0.338 e. The topological polar surface area (TPSA) is 80.1 Å². The molecule has 3 aromatic rings. The standard InChI is InChI=1S/C23H22FN5O2/c1-13-17-15-9-6-10-25-21(15)28(2)23(31)20(18(13)17)26-22(30)19-16(24)12-29(27-19)11-14-7-4-3-5-8-14/h3-10,12-13,17-18,20H,11H2,1-2H3,(H,26,30)/t13-,17?,18?,20-/m0/s1. The molecule has 1 N–H and O–H groups in total. The summed E-state index contributed by atoms with van der Waals surface area (Å²) >= 11 is 0. The molecular formula is C23H22FN5O2. The third kappa shape index (κ3) is 3.28. The fraction of sp³-hybridized carbons (Fsp3) is 0.304. The van der Waals surface area contributed by atoms with Gasteiger partial charge in [0.1, 0.15) is 11.9 Å². The highest BCUT2D eigenvalue weighted by atomic mass is 19.1. The summed E-state index contributed by atoms with van der Waals surface area (Å²) in [4.78, 5) is 31.9.